The Balaban J connectivity index is 1.97. The first-order valence-corrected chi connectivity index (χ1v) is 6.21. The Morgan fingerprint density at radius 1 is 1.42 bits per heavy atom. The molecule has 0 fully saturated rings. The third kappa shape index (κ3) is 3.01. The van der Waals surface area contributed by atoms with E-state index >= 15 is 0 Å². The molecule has 19 heavy (non-hydrogen) atoms. The SMILES string of the molecule is Cn1ccnc1CNC(=O)C1CC=CCC1C(=O)O. The fourth-order valence-electron chi connectivity index (χ4n) is 2.24. The third-order valence-corrected chi connectivity index (χ3v) is 3.43. The van der Waals surface area contributed by atoms with Crippen LogP contribution in [-0.2, 0) is 23.2 Å². The zero-order chi connectivity index (χ0) is 13.8. The number of imidazole rings is 1. The quantitative estimate of drug-likeness (QED) is 0.783. The molecule has 1 amide bonds. The van der Waals surface area contributed by atoms with Gasteiger partial charge in [-0.1, -0.05) is 12.2 Å². The Morgan fingerprint density at radius 2 is 2.11 bits per heavy atom. The summed E-state index contributed by atoms with van der Waals surface area (Å²) < 4.78 is 1.82. The third-order valence-electron chi connectivity index (χ3n) is 3.43. The number of aromatic nitrogens is 2. The van der Waals surface area contributed by atoms with E-state index in [-0.39, 0.29) is 5.91 Å². The van der Waals surface area contributed by atoms with Crippen molar-refractivity contribution >= 4 is 11.9 Å². The van der Waals surface area contributed by atoms with Crippen LogP contribution in [0.25, 0.3) is 0 Å². The average Bonchev–Trinajstić information content (AvgIpc) is 2.81. The van der Waals surface area contributed by atoms with Crippen molar-refractivity contribution in [3.63, 3.8) is 0 Å². The largest absolute Gasteiger partial charge is 0.481 e. The lowest BCUT2D eigenvalue weighted by atomic mass is 9.82. The van der Waals surface area contributed by atoms with E-state index in [1.165, 1.54) is 0 Å². The molecule has 0 saturated heterocycles. The number of aryl methyl sites for hydroxylation is 1. The highest BCUT2D eigenvalue weighted by atomic mass is 16.4. The van der Waals surface area contributed by atoms with Gasteiger partial charge in [0.05, 0.1) is 18.4 Å². The number of carbonyl (C=O) groups excluding carboxylic acids is 1. The van der Waals surface area contributed by atoms with Gasteiger partial charge in [-0.3, -0.25) is 9.59 Å². The molecule has 0 aliphatic heterocycles. The molecule has 1 aromatic heterocycles. The second-order valence-electron chi connectivity index (χ2n) is 4.67. The molecule has 2 N–H and O–H groups in total. The molecule has 2 unspecified atom stereocenters. The molecule has 6 heteroatoms. The van der Waals surface area contributed by atoms with Gasteiger partial charge in [-0.25, -0.2) is 4.98 Å². The van der Waals surface area contributed by atoms with Gasteiger partial charge in [0.2, 0.25) is 5.91 Å². The van der Waals surface area contributed by atoms with E-state index in [1.807, 2.05) is 23.8 Å². The number of carboxylic acid groups (broad SMARTS) is 1. The zero-order valence-corrected chi connectivity index (χ0v) is 10.7. The lowest BCUT2D eigenvalue weighted by molar-refractivity contribution is -0.147. The van der Waals surface area contributed by atoms with Gasteiger partial charge < -0.3 is 15.0 Å². The van der Waals surface area contributed by atoms with Gasteiger partial charge in [-0.05, 0) is 12.8 Å². The van der Waals surface area contributed by atoms with Crippen molar-refractivity contribution in [1.82, 2.24) is 14.9 Å². The lowest BCUT2D eigenvalue weighted by Crippen LogP contribution is -2.38. The van der Waals surface area contributed by atoms with E-state index in [4.69, 9.17) is 5.11 Å². The van der Waals surface area contributed by atoms with E-state index in [0.29, 0.717) is 19.4 Å². The number of hydrogen-bond donors (Lipinski definition) is 2. The van der Waals surface area contributed by atoms with Gasteiger partial charge in [0.25, 0.3) is 0 Å². The number of allylic oxidation sites excluding steroid dienone is 2. The summed E-state index contributed by atoms with van der Waals surface area (Å²) in [7, 11) is 1.85. The van der Waals surface area contributed by atoms with Crippen molar-refractivity contribution < 1.29 is 14.7 Å². The predicted molar refractivity (Wildman–Crippen MR) is 68.0 cm³/mol. The predicted octanol–water partition coefficient (Wildman–Crippen LogP) is 0.703. The average molecular weight is 263 g/mol. The second kappa shape index (κ2) is 5.69. The monoisotopic (exact) mass is 263 g/mol. The minimum atomic E-state index is -0.915. The van der Waals surface area contributed by atoms with Crippen LogP contribution < -0.4 is 5.32 Å². The molecule has 2 rings (SSSR count). The van der Waals surface area contributed by atoms with Crippen LogP contribution in [0.4, 0.5) is 0 Å². The molecule has 0 radical (unpaired) electrons. The van der Waals surface area contributed by atoms with Crippen molar-refractivity contribution in [2.45, 2.75) is 19.4 Å². The van der Waals surface area contributed by atoms with E-state index in [0.717, 1.165) is 5.82 Å². The Bertz CT molecular complexity index is 507. The first-order valence-electron chi connectivity index (χ1n) is 6.21. The van der Waals surface area contributed by atoms with Crippen LogP contribution in [0.2, 0.25) is 0 Å². The zero-order valence-electron chi connectivity index (χ0n) is 10.7. The first-order chi connectivity index (χ1) is 9.09. The number of amides is 1. The number of nitrogens with one attached hydrogen (secondary N) is 1. The summed E-state index contributed by atoms with van der Waals surface area (Å²) in [5.74, 6) is -1.53. The molecule has 1 aliphatic carbocycles. The molecular formula is C13H17N3O3. The highest BCUT2D eigenvalue weighted by Crippen LogP contribution is 2.26. The molecule has 1 heterocycles. The number of hydrogen-bond acceptors (Lipinski definition) is 3. The maximum atomic E-state index is 12.1. The minimum Gasteiger partial charge on any atom is -0.481 e. The van der Waals surface area contributed by atoms with E-state index in [9.17, 15) is 9.59 Å². The number of rotatable bonds is 4. The summed E-state index contributed by atoms with van der Waals surface area (Å²) >= 11 is 0. The first kappa shape index (κ1) is 13.3. The summed E-state index contributed by atoms with van der Waals surface area (Å²) in [6.45, 7) is 0.314. The Morgan fingerprint density at radius 3 is 2.68 bits per heavy atom. The van der Waals surface area contributed by atoms with Gasteiger partial charge in [0, 0.05) is 19.4 Å². The van der Waals surface area contributed by atoms with Gasteiger partial charge in [0.15, 0.2) is 0 Å². The molecule has 2 atom stereocenters. The Labute approximate surface area is 111 Å². The van der Waals surface area contributed by atoms with Crippen LogP contribution in [0, 0.1) is 11.8 Å². The molecule has 0 spiro atoms. The minimum absolute atomic E-state index is 0.222. The highest BCUT2D eigenvalue weighted by Gasteiger charge is 2.33. The van der Waals surface area contributed by atoms with Crippen molar-refractivity contribution in [3.8, 4) is 0 Å². The molecule has 102 valence electrons. The summed E-state index contributed by atoms with van der Waals surface area (Å²) in [5.41, 5.74) is 0. The maximum Gasteiger partial charge on any atom is 0.307 e. The maximum absolute atomic E-state index is 12.1. The van der Waals surface area contributed by atoms with Crippen LogP contribution in [0.5, 0.6) is 0 Å². The summed E-state index contributed by atoms with van der Waals surface area (Å²) in [4.78, 5) is 27.3. The fraction of sp³-hybridized carbons (Fsp3) is 0.462. The van der Waals surface area contributed by atoms with Crippen LogP contribution in [0.1, 0.15) is 18.7 Å². The Hall–Kier alpha value is -2.11. The van der Waals surface area contributed by atoms with Crippen molar-refractivity contribution in [2.75, 3.05) is 0 Å². The van der Waals surface area contributed by atoms with E-state index < -0.39 is 17.8 Å². The second-order valence-corrected chi connectivity index (χ2v) is 4.67. The molecule has 0 saturated carbocycles. The standard InChI is InChI=1S/C13H17N3O3/c1-16-7-6-14-11(16)8-15-12(17)9-4-2-3-5-10(9)13(18)19/h2-3,6-7,9-10H,4-5,8H2,1H3,(H,15,17)(H,18,19). The number of nitrogens with zero attached hydrogens (tertiary/aromatic N) is 2. The molecule has 0 bridgehead atoms. The van der Waals surface area contributed by atoms with Crippen LogP contribution >= 0.6 is 0 Å². The normalized spacial score (nSPS) is 22.2. The Kier molecular flexibility index (Phi) is 3.99. The smallest absolute Gasteiger partial charge is 0.307 e. The van der Waals surface area contributed by atoms with Gasteiger partial charge in [0.1, 0.15) is 5.82 Å². The van der Waals surface area contributed by atoms with E-state index in [2.05, 4.69) is 10.3 Å². The number of aliphatic carboxylic acids is 1. The van der Waals surface area contributed by atoms with Crippen LogP contribution in [0.15, 0.2) is 24.5 Å². The number of carboxylic acids is 1. The van der Waals surface area contributed by atoms with Crippen molar-refractivity contribution in [1.29, 1.82) is 0 Å². The molecule has 6 nitrogen and oxygen atoms in total. The van der Waals surface area contributed by atoms with Gasteiger partial charge >= 0.3 is 5.97 Å². The topological polar surface area (TPSA) is 84.2 Å². The summed E-state index contributed by atoms with van der Waals surface area (Å²) in [5, 5.41) is 11.9. The highest BCUT2D eigenvalue weighted by molar-refractivity contribution is 5.85. The van der Waals surface area contributed by atoms with Crippen LogP contribution in [-0.4, -0.2) is 26.5 Å². The lowest BCUT2D eigenvalue weighted by Gasteiger charge is -2.24. The molecule has 1 aromatic rings. The van der Waals surface area contributed by atoms with Gasteiger partial charge in [-0.15, -0.1) is 0 Å². The van der Waals surface area contributed by atoms with Crippen LogP contribution in [0.3, 0.4) is 0 Å². The summed E-state index contributed by atoms with van der Waals surface area (Å²) in [6.07, 6.45) is 8.03. The molecule has 1 aliphatic rings. The van der Waals surface area contributed by atoms with Crippen molar-refractivity contribution in [3.05, 3.63) is 30.4 Å². The van der Waals surface area contributed by atoms with E-state index in [1.54, 1.807) is 12.4 Å². The van der Waals surface area contributed by atoms with Gasteiger partial charge in [-0.2, -0.15) is 0 Å². The van der Waals surface area contributed by atoms with Crippen molar-refractivity contribution in [2.24, 2.45) is 18.9 Å². The number of carbonyl (C=O) groups is 2. The fourth-order valence-corrected chi connectivity index (χ4v) is 2.24. The summed E-state index contributed by atoms with van der Waals surface area (Å²) in [6, 6.07) is 0. The molecule has 0 aromatic carbocycles. The molecular weight excluding hydrogens is 246 g/mol.